The van der Waals surface area contributed by atoms with Gasteiger partial charge in [-0.05, 0) is 36.9 Å². The summed E-state index contributed by atoms with van der Waals surface area (Å²) in [7, 11) is 0. The maximum atomic E-state index is 6.22. The third-order valence-electron chi connectivity index (χ3n) is 3.53. The van der Waals surface area contributed by atoms with Crippen LogP contribution in [-0.2, 0) is 0 Å². The second-order valence-corrected chi connectivity index (χ2v) is 4.82. The van der Waals surface area contributed by atoms with Gasteiger partial charge in [0.1, 0.15) is 0 Å². The molecule has 1 aliphatic carbocycles. The van der Waals surface area contributed by atoms with Crippen molar-refractivity contribution in [2.24, 2.45) is 11.7 Å². The van der Waals surface area contributed by atoms with E-state index in [-0.39, 0.29) is 0 Å². The topological polar surface area (TPSA) is 26.0 Å². The maximum absolute atomic E-state index is 6.22. The zero-order valence-electron chi connectivity index (χ0n) is 8.95. The van der Waals surface area contributed by atoms with E-state index in [0.29, 0.717) is 12.5 Å². The Labute approximate surface area is 96.6 Å². The van der Waals surface area contributed by atoms with Crippen LogP contribution in [0.3, 0.4) is 0 Å². The third-order valence-corrected chi connectivity index (χ3v) is 3.87. The summed E-state index contributed by atoms with van der Waals surface area (Å²) in [5.74, 6) is 1.20. The largest absolute Gasteiger partial charge is 0.330 e. The number of rotatable bonds is 3. The molecular weight excluding hydrogens is 206 g/mol. The molecule has 0 spiro atoms. The molecule has 2 N–H and O–H groups in total. The quantitative estimate of drug-likeness (QED) is 0.833. The van der Waals surface area contributed by atoms with E-state index in [9.17, 15) is 0 Å². The Morgan fingerprint density at radius 3 is 2.53 bits per heavy atom. The van der Waals surface area contributed by atoms with Gasteiger partial charge < -0.3 is 5.73 Å². The van der Waals surface area contributed by atoms with Crippen LogP contribution in [0, 0.1) is 5.92 Å². The molecule has 1 saturated carbocycles. The van der Waals surface area contributed by atoms with Crippen LogP contribution < -0.4 is 5.73 Å². The third kappa shape index (κ3) is 2.35. The Hall–Kier alpha value is -0.530. The summed E-state index contributed by atoms with van der Waals surface area (Å²) in [4.78, 5) is 0. The highest BCUT2D eigenvalue weighted by Crippen LogP contribution is 2.38. The van der Waals surface area contributed by atoms with E-state index in [4.69, 9.17) is 17.3 Å². The summed E-state index contributed by atoms with van der Waals surface area (Å²) < 4.78 is 0. The fraction of sp³-hybridized carbons (Fsp3) is 0.538. The lowest BCUT2D eigenvalue weighted by atomic mass is 9.85. The first-order valence-corrected chi connectivity index (χ1v) is 6.15. The fourth-order valence-corrected chi connectivity index (χ4v) is 2.98. The van der Waals surface area contributed by atoms with Gasteiger partial charge in [0.25, 0.3) is 0 Å². The summed E-state index contributed by atoms with van der Waals surface area (Å²) in [5.41, 5.74) is 7.14. The molecule has 1 aromatic rings. The molecule has 82 valence electrons. The molecule has 0 aromatic heterocycles. The van der Waals surface area contributed by atoms with Gasteiger partial charge in [0.05, 0.1) is 0 Å². The first kappa shape index (κ1) is 11.0. The van der Waals surface area contributed by atoms with Gasteiger partial charge in [0, 0.05) is 10.9 Å². The highest BCUT2D eigenvalue weighted by Gasteiger charge is 2.26. The molecule has 2 rings (SSSR count). The number of hydrogen-bond acceptors (Lipinski definition) is 1. The molecule has 2 heteroatoms. The van der Waals surface area contributed by atoms with E-state index in [1.807, 2.05) is 12.1 Å². The van der Waals surface area contributed by atoms with Crippen LogP contribution in [0.1, 0.15) is 37.2 Å². The van der Waals surface area contributed by atoms with E-state index >= 15 is 0 Å². The molecule has 0 aliphatic heterocycles. The Bertz CT molecular complexity index is 318. The fourth-order valence-electron chi connectivity index (χ4n) is 2.71. The molecule has 1 nitrogen and oxygen atoms in total. The van der Waals surface area contributed by atoms with Crippen molar-refractivity contribution < 1.29 is 0 Å². The molecule has 0 saturated heterocycles. The lowest BCUT2D eigenvalue weighted by molar-refractivity contribution is 0.440. The summed E-state index contributed by atoms with van der Waals surface area (Å²) >= 11 is 6.22. The smallest absolute Gasteiger partial charge is 0.0441 e. The van der Waals surface area contributed by atoms with Gasteiger partial charge >= 0.3 is 0 Å². The predicted molar refractivity (Wildman–Crippen MR) is 65.2 cm³/mol. The van der Waals surface area contributed by atoms with Crippen molar-refractivity contribution >= 4 is 11.6 Å². The van der Waals surface area contributed by atoms with Gasteiger partial charge in [-0.3, -0.25) is 0 Å². The Kier molecular flexibility index (Phi) is 3.66. The van der Waals surface area contributed by atoms with Crippen molar-refractivity contribution in [3.63, 3.8) is 0 Å². The number of hydrogen-bond donors (Lipinski definition) is 1. The number of halogens is 1. The van der Waals surface area contributed by atoms with Gasteiger partial charge in [-0.2, -0.15) is 0 Å². The van der Waals surface area contributed by atoms with Crippen LogP contribution in [0.2, 0.25) is 5.02 Å². The van der Waals surface area contributed by atoms with Crippen molar-refractivity contribution in [3.8, 4) is 0 Å². The zero-order chi connectivity index (χ0) is 10.7. The minimum atomic E-state index is 0.459. The molecule has 0 heterocycles. The second-order valence-electron chi connectivity index (χ2n) is 4.41. The molecule has 0 bridgehead atoms. The Morgan fingerprint density at radius 1 is 1.27 bits per heavy atom. The monoisotopic (exact) mass is 223 g/mol. The minimum Gasteiger partial charge on any atom is -0.330 e. The average molecular weight is 224 g/mol. The van der Waals surface area contributed by atoms with Crippen LogP contribution >= 0.6 is 11.6 Å². The highest BCUT2D eigenvalue weighted by atomic mass is 35.5. The van der Waals surface area contributed by atoms with Gasteiger partial charge in [-0.15, -0.1) is 0 Å². The minimum absolute atomic E-state index is 0.459. The van der Waals surface area contributed by atoms with Crippen LogP contribution in [0.15, 0.2) is 24.3 Å². The molecule has 0 radical (unpaired) electrons. The molecule has 1 atom stereocenters. The van der Waals surface area contributed by atoms with Crippen LogP contribution in [0.25, 0.3) is 0 Å². The zero-order valence-corrected chi connectivity index (χ0v) is 9.71. The second kappa shape index (κ2) is 5.00. The normalized spacial score (nSPS) is 19.3. The van der Waals surface area contributed by atoms with Crippen molar-refractivity contribution in [2.75, 3.05) is 6.54 Å². The lowest BCUT2D eigenvalue weighted by Gasteiger charge is -2.23. The summed E-state index contributed by atoms with van der Waals surface area (Å²) in [6.07, 6.45) is 5.33. The van der Waals surface area contributed by atoms with E-state index in [0.717, 1.165) is 10.9 Å². The van der Waals surface area contributed by atoms with E-state index < -0.39 is 0 Å². The van der Waals surface area contributed by atoms with E-state index in [2.05, 4.69) is 12.1 Å². The molecule has 1 unspecified atom stereocenters. The lowest BCUT2D eigenvalue weighted by Crippen LogP contribution is -2.20. The van der Waals surface area contributed by atoms with Crippen molar-refractivity contribution in [1.82, 2.24) is 0 Å². The SMILES string of the molecule is NCC(c1ccccc1Cl)C1CCCC1. The molecular formula is C13H18ClN. The first-order chi connectivity index (χ1) is 7.33. The Balaban J connectivity index is 2.22. The van der Waals surface area contributed by atoms with Crippen molar-refractivity contribution in [3.05, 3.63) is 34.9 Å². The molecule has 15 heavy (non-hydrogen) atoms. The van der Waals surface area contributed by atoms with Gasteiger partial charge in [0.2, 0.25) is 0 Å². The van der Waals surface area contributed by atoms with Crippen LogP contribution in [-0.4, -0.2) is 6.54 Å². The summed E-state index contributed by atoms with van der Waals surface area (Å²) in [6, 6.07) is 8.12. The molecule has 0 amide bonds. The maximum Gasteiger partial charge on any atom is 0.0441 e. The van der Waals surface area contributed by atoms with Crippen LogP contribution in [0.5, 0.6) is 0 Å². The molecule has 1 aromatic carbocycles. The number of nitrogens with two attached hydrogens (primary N) is 1. The van der Waals surface area contributed by atoms with Crippen molar-refractivity contribution in [2.45, 2.75) is 31.6 Å². The standard InChI is InChI=1S/C13H18ClN/c14-13-8-4-3-7-11(13)12(9-15)10-5-1-2-6-10/h3-4,7-8,10,12H,1-2,5-6,9,15H2. The van der Waals surface area contributed by atoms with Gasteiger partial charge in [-0.1, -0.05) is 42.6 Å². The highest BCUT2D eigenvalue weighted by molar-refractivity contribution is 6.31. The molecule has 1 fully saturated rings. The average Bonchev–Trinajstić information content (AvgIpc) is 2.75. The summed E-state index contributed by atoms with van der Waals surface area (Å²) in [5, 5.41) is 0.875. The van der Waals surface area contributed by atoms with Gasteiger partial charge in [-0.25, -0.2) is 0 Å². The van der Waals surface area contributed by atoms with E-state index in [1.165, 1.54) is 31.2 Å². The first-order valence-electron chi connectivity index (χ1n) is 5.77. The Morgan fingerprint density at radius 2 is 1.93 bits per heavy atom. The molecule has 1 aliphatic rings. The summed E-state index contributed by atoms with van der Waals surface area (Å²) in [6.45, 7) is 0.717. The number of benzene rings is 1. The predicted octanol–water partition coefficient (Wildman–Crippen LogP) is 3.57. The van der Waals surface area contributed by atoms with Crippen LogP contribution in [0.4, 0.5) is 0 Å². The van der Waals surface area contributed by atoms with Gasteiger partial charge in [0.15, 0.2) is 0 Å². The van der Waals surface area contributed by atoms with E-state index in [1.54, 1.807) is 0 Å². The van der Waals surface area contributed by atoms with Crippen molar-refractivity contribution in [1.29, 1.82) is 0 Å².